The molecule has 3 aromatic rings. The smallest absolute Gasteiger partial charge is 0.396 e. The van der Waals surface area contributed by atoms with Crippen molar-refractivity contribution in [2.45, 2.75) is 54.5 Å². The van der Waals surface area contributed by atoms with Gasteiger partial charge in [0.25, 0.3) is 5.56 Å². The highest BCUT2D eigenvalue weighted by molar-refractivity contribution is 7.99. The van der Waals surface area contributed by atoms with E-state index in [0.29, 0.717) is 11.8 Å². The van der Waals surface area contributed by atoms with Crippen LogP contribution in [0.5, 0.6) is 0 Å². The van der Waals surface area contributed by atoms with E-state index < -0.39 is 53.6 Å². The first-order valence-electron chi connectivity index (χ1n) is 10.9. The summed E-state index contributed by atoms with van der Waals surface area (Å²) in [6.45, 7) is -0.344. The Morgan fingerprint density at radius 3 is 2.49 bits per heavy atom. The molecule has 1 fully saturated rings. The van der Waals surface area contributed by atoms with Crippen LogP contribution in [0.25, 0.3) is 10.9 Å². The minimum atomic E-state index is -4.86. The molecule has 0 saturated heterocycles. The highest BCUT2D eigenvalue weighted by Crippen LogP contribution is 2.49. The maximum Gasteiger partial charge on any atom is 0.416 e. The van der Waals surface area contributed by atoms with Crippen LogP contribution in [0.3, 0.4) is 0 Å². The second-order valence-corrected chi connectivity index (χ2v) is 9.60. The van der Waals surface area contributed by atoms with Gasteiger partial charge in [0, 0.05) is 41.3 Å². The van der Waals surface area contributed by atoms with Gasteiger partial charge in [-0.1, -0.05) is 6.07 Å². The van der Waals surface area contributed by atoms with E-state index >= 15 is 0 Å². The molecule has 1 unspecified atom stereocenters. The van der Waals surface area contributed by atoms with Crippen molar-refractivity contribution in [3.63, 3.8) is 0 Å². The van der Waals surface area contributed by atoms with Crippen molar-refractivity contribution in [3.05, 3.63) is 68.1 Å². The lowest BCUT2D eigenvalue weighted by molar-refractivity contribution is -0.138. The first kappa shape index (κ1) is 25.4. The summed E-state index contributed by atoms with van der Waals surface area (Å²) in [6.07, 6.45) is -4.81. The molecule has 1 aromatic carbocycles. The molecule has 188 valence electrons. The Bertz CT molecular complexity index is 1310. The summed E-state index contributed by atoms with van der Waals surface area (Å²) in [5.74, 6) is -4.27. The van der Waals surface area contributed by atoms with Gasteiger partial charge >= 0.3 is 11.9 Å². The highest BCUT2D eigenvalue weighted by Gasteiger charge is 2.42. The lowest BCUT2D eigenvalue weighted by atomic mass is 9.80. The van der Waals surface area contributed by atoms with E-state index in [0.717, 1.165) is 11.8 Å². The number of aliphatic hydroxyl groups is 1. The van der Waals surface area contributed by atoms with Gasteiger partial charge in [-0.25, -0.2) is 13.6 Å². The number of aromatic amines is 2. The molecule has 0 amide bonds. The van der Waals surface area contributed by atoms with Gasteiger partial charge in [-0.3, -0.25) is 14.8 Å². The molecule has 1 atom stereocenters. The van der Waals surface area contributed by atoms with Gasteiger partial charge < -0.3 is 10.1 Å². The van der Waals surface area contributed by atoms with Crippen LogP contribution >= 0.6 is 11.8 Å². The Morgan fingerprint density at radius 1 is 1.17 bits per heavy atom. The number of thioether (sulfide) groups is 1. The number of nitrogens with zero attached hydrogens (tertiary/aromatic N) is 1. The second-order valence-electron chi connectivity index (χ2n) is 8.57. The molecule has 3 N–H and O–H groups in total. The molecule has 35 heavy (non-hydrogen) atoms. The summed E-state index contributed by atoms with van der Waals surface area (Å²) in [5.41, 5.74) is -2.73. The molecule has 0 bridgehead atoms. The molecule has 2 aromatic heterocycles. The average Bonchev–Trinajstić information content (AvgIpc) is 2.79. The largest absolute Gasteiger partial charge is 0.416 e. The molecule has 1 saturated carbocycles. The monoisotopic (exact) mass is 515 g/mol. The van der Waals surface area contributed by atoms with E-state index in [1.807, 2.05) is 4.98 Å². The van der Waals surface area contributed by atoms with Crippen LogP contribution in [0.15, 0.2) is 44.9 Å². The Balaban J connectivity index is 1.89. The van der Waals surface area contributed by atoms with E-state index in [9.17, 15) is 36.6 Å². The van der Waals surface area contributed by atoms with Gasteiger partial charge in [-0.05, 0) is 42.5 Å². The summed E-state index contributed by atoms with van der Waals surface area (Å²) in [6, 6.07) is 5.74. The zero-order valence-corrected chi connectivity index (χ0v) is 19.1. The summed E-state index contributed by atoms with van der Waals surface area (Å²) in [7, 11) is 0. The van der Waals surface area contributed by atoms with Crippen LogP contribution < -0.4 is 11.2 Å². The van der Waals surface area contributed by atoms with Crippen LogP contribution in [-0.4, -0.2) is 38.3 Å². The Morgan fingerprint density at radius 2 is 1.89 bits per heavy atom. The number of rotatable bonds is 6. The second kappa shape index (κ2) is 9.73. The van der Waals surface area contributed by atoms with Crippen molar-refractivity contribution >= 4 is 22.7 Å². The number of H-pyrrole nitrogens is 2. The van der Waals surface area contributed by atoms with Gasteiger partial charge in [-0.2, -0.15) is 13.2 Å². The minimum absolute atomic E-state index is 0.00243. The number of fused-ring (bicyclic) bond motifs is 1. The normalized spacial score (nSPS) is 17.5. The van der Waals surface area contributed by atoms with E-state index in [-0.39, 0.29) is 46.6 Å². The fraction of sp³-hybridized carbons (Fsp3) is 0.435. The molecule has 0 spiro atoms. The van der Waals surface area contributed by atoms with Crippen LogP contribution in [-0.2, 0) is 6.18 Å². The third-order valence-corrected chi connectivity index (χ3v) is 7.50. The van der Waals surface area contributed by atoms with Crippen LogP contribution in [0, 0.1) is 0 Å². The maximum absolute atomic E-state index is 14.2. The standard InChI is InChI=1S/C23H22F5N3O3S/c24-22(25)6-4-12(5-7-22)17-15(23(26,27)28)9-14-18(30-21(34)31-20(14)33)19(17)35-11-13(10-32)16-3-1-2-8-29-16/h1-3,8-9,12-13,32H,4-7,10-11H2,(H2,30,31,33,34). The Hall–Kier alpha value is -2.73. The maximum atomic E-state index is 14.2. The molecule has 0 aliphatic heterocycles. The number of nitrogens with one attached hydrogen (secondary N) is 2. The number of hydrogen-bond donors (Lipinski definition) is 3. The first-order valence-corrected chi connectivity index (χ1v) is 11.9. The summed E-state index contributed by atoms with van der Waals surface area (Å²) in [5, 5.41) is 9.53. The van der Waals surface area contributed by atoms with Crippen LogP contribution in [0.2, 0.25) is 0 Å². The number of benzene rings is 1. The summed E-state index contributed by atoms with van der Waals surface area (Å²) >= 11 is 0.935. The lowest BCUT2D eigenvalue weighted by Gasteiger charge is -2.32. The molecule has 0 radical (unpaired) electrons. The van der Waals surface area contributed by atoms with Gasteiger partial charge in [-0.15, -0.1) is 11.8 Å². The van der Waals surface area contributed by atoms with E-state index in [1.54, 1.807) is 18.2 Å². The Kier molecular flexibility index (Phi) is 7.05. The van der Waals surface area contributed by atoms with E-state index in [1.165, 1.54) is 6.20 Å². The first-order chi connectivity index (χ1) is 16.5. The zero-order valence-electron chi connectivity index (χ0n) is 18.3. The van der Waals surface area contributed by atoms with Crippen molar-refractivity contribution in [2.24, 2.45) is 0 Å². The van der Waals surface area contributed by atoms with E-state index in [2.05, 4.69) is 9.97 Å². The highest BCUT2D eigenvalue weighted by atomic mass is 32.2. The lowest BCUT2D eigenvalue weighted by Crippen LogP contribution is -2.27. The molecule has 2 heterocycles. The summed E-state index contributed by atoms with van der Waals surface area (Å²) < 4.78 is 70.3. The van der Waals surface area contributed by atoms with Gasteiger partial charge in [0.05, 0.1) is 23.1 Å². The predicted octanol–water partition coefficient (Wildman–Crippen LogP) is 4.79. The van der Waals surface area contributed by atoms with E-state index in [4.69, 9.17) is 0 Å². The number of hydrogen-bond acceptors (Lipinski definition) is 5. The molecule has 6 nitrogen and oxygen atoms in total. The quantitative estimate of drug-likeness (QED) is 0.324. The SMILES string of the molecule is O=c1[nH]c(=O)c2cc(C(F)(F)F)c(C3CCC(F)(F)CC3)c(SCC(CO)c3ccccn3)c2[nH]1. The molecule has 1 aliphatic carbocycles. The number of alkyl halides is 5. The number of pyridine rings is 1. The van der Waals surface area contributed by atoms with Crippen molar-refractivity contribution in [2.75, 3.05) is 12.4 Å². The van der Waals surface area contributed by atoms with Gasteiger partial charge in [0.1, 0.15) is 0 Å². The minimum Gasteiger partial charge on any atom is -0.396 e. The zero-order chi connectivity index (χ0) is 25.4. The third kappa shape index (κ3) is 5.43. The number of aliphatic hydroxyl groups excluding tert-OH is 1. The molecular formula is C23H22F5N3O3S. The van der Waals surface area contributed by atoms with Crippen molar-refractivity contribution < 1.29 is 27.1 Å². The third-order valence-electron chi connectivity index (χ3n) is 6.22. The van der Waals surface area contributed by atoms with Crippen molar-refractivity contribution in [1.82, 2.24) is 15.0 Å². The average molecular weight is 516 g/mol. The van der Waals surface area contributed by atoms with Crippen molar-refractivity contribution in [1.29, 1.82) is 0 Å². The molecule has 4 rings (SSSR count). The Labute approximate surface area is 200 Å². The van der Waals surface area contributed by atoms with Crippen molar-refractivity contribution in [3.8, 4) is 0 Å². The van der Waals surface area contributed by atoms with Gasteiger partial charge in [0.15, 0.2) is 0 Å². The van der Waals surface area contributed by atoms with Crippen LogP contribution in [0.4, 0.5) is 22.0 Å². The number of halogens is 5. The van der Waals surface area contributed by atoms with Crippen LogP contribution in [0.1, 0.15) is 54.3 Å². The topological polar surface area (TPSA) is 98.8 Å². The fourth-order valence-electron chi connectivity index (χ4n) is 4.44. The molecular weight excluding hydrogens is 493 g/mol. The number of aromatic nitrogens is 3. The summed E-state index contributed by atoms with van der Waals surface area (Å²) in [4.78, 5) is 33.0. The molecule has 1 aliphatic rings. The predicted molar refractivity (Wildman–Crippen MR) is 121 cm³/mol. The fourth-order valence-corrected chi connectivity index (χ4v) is 5.83. The van der Waals surface area contributed by atoms with Gasteiger partial charge in [0.2, 0.25) is 5.92 Å². The molecule has 12 heteroatoms.